The average Bonchev–Trinajstić information content (AvgIpc) is 3.15. The topological polar surface area (TPSA) is 88.9 Å². The van der Waals surface area contributed by atoms with Gasteiger partial charge in [0.15, 0.2) is 11.0 Å². The normalized spacial score (nSPS) is 10.7. The van der Waals surface area contributed by atoms with Crippen molar-refractivity contribution >= 4 is 45.2 Å². The number of nitrogens with zero attached hydrogens (tertiary/aromatic N) is 3. The van der Waals surface area contributed by atoms with Crippen molar-refractivity contribution in [3.63, 3.8) is 0 Å². The Bertz CT molecular complexity index is 1060. The van der Waals surface area contributed by atoms with E-state index >= 15 is 0 Å². The van der Waals surface area contributed by atoms with Gasteiger partial charge in [-0.1, -0.05) is 58.0 Å². The monoisotopic (exact) mass is 501 g/mol. The summed E-state index contributed by atoms with van der Waals surface area (Å²) in [4.78, 5) is 24.6. The van der Waals surface area contributed by atoms with Crippen molar-refractivity contribution in [2.75, 3.05) is 11.1 Å². The van der Waals surface area contributed by atoms with E-state index in [0.29, 0.717) is 23.9 Å². The zero-order valence-corrected chi connectivity index (χ0v) is 19.8. The Morgan fingerprint density at radius 1 is 1.10 bits per heavy atom. The second-order valence-corrected chi connectivity index (χ2v) is 8.74. The van der Waals surface area contributed by atoms with E-state index in [4.69, 9.17) is 0 Å². The van der Waals surface area contributed by atoms with Crippen LogP contribution >= 0.6 is 27.7 Å². The van der Waals surface area contributed by atoms with Crippen LogP contribution in [0.5, 0.6) is 0 Å². The predicted molar refractivity (Wildman–Crippen MR) is 126 cm³/mol. The number of carbonyl (C=O) groups excluding carboxylic acids is 2. The lowest BCUT2D eigenvalue weighted by atomic mass is 10.1. The molecule has 0 unspecified atom stereocenters. The van der Waals surface area contributed by atoms with E-state index in [2.05, 4.69) is 36.8 Å². The molecule has 2 amide bonds. The quantitative estimate of drug-likeness (QED) is 0.433. The number of benzene rings is 2. The Labute approximate surface area is 194 Å². The van der Waals surface area contributed by atoms with Gasteiger partial charge in [-0.15, -0.1) is 10.2 Å². The van der Waals surface area contributed by atoms with Gasteiger partial charge in [0.25, 0.3) is 0 Å². The summed E-state index contributed by atoms with van der Waals surface area (Å²) in [5.41, 5.74) is 2.73. The number of hydrogen-bond donors (Lipinski definition) is 2. The van der Waals surface area contributed by atoms with Crippen molar-refractivity contribution in [3.8, 4) is 0 Å². The number of halogens is 1. The molecule has 0 saturated heterocycles. The highest BCUT2D eigenvalue weighted by atomic mass is 79.9. The SMILES string of the molecule is CCn1c(CNC(=O)Cc2ccccc2)nnc1SCC(=O)Nc1ccc(Br)cc1C. The van der Waals surface area contributed by atoms with E-state index in [9.17, 15) is 9.59 Å². The Kier molecular flexibility index (Phi) is 8.25. The van der Waals surface area contributed by atoms with Gasteiger partial charge in [0, 0.05) is 16.7 Å². The molecular formula is C22H24BrN5O2S. The smallest absolute Gasteiger partial charge is 0.234 e. The first-order chi connectivity index (χ1) is 15.0. The molecule has 3 aromatic rings. The van der Waals surface area contributed by atoms with Crippen LogP contribution in [0, 0.1) is 6.92 Å². The summed E-state index contributed by atoms with van der Waals surface area (Å²) in [6.07, 6.45) is 0.318. The molecule has 9 heteroatoms. The number of carbonyl (C=O) groups is 2. The van der Waals surface area contributed by atoms with E-state index in [1.54, 1.807) is 0 Å². The van der Waals surface area contributed by atoms with Crippen molar-refractivity contribution in [2.45, 2.75) is 38.5 Å². The summed E-state index contributed by atoms with van der Waals surface area (Å²) in [6.45, 7) is 4.86. The molecule has 0 fully saturated rings. The van der Waals surface area contributed by atoms with Crippen LogP contribution in [0.2, 0.25) is 0 Å². The van der Waals surface area contributed by atoms with E-state index in [0.717, 1.165) is 21.3 Å². The number of amides is 2. The lowest BCUT2D eigenvalue weighted by molar-refractivity contribution is -0.120. The third-order valence-corrected chi connectivity index (χ3v) is 6.02. The van der Waals surface area contributed by atoms with E-state index < -0.39 is 0 Å². The molecule has 1 aromatic heterocycles. The van der Waals surface area contributed by atoms with Gasteiger partial charge in [0.2, 0.25) is 11.8 Å². The zero-order chi connectivity index (χ0) is 22.2. The Morgan fingerprint density at radius 3 is 2.58 bits per heavy atom. The summed E-state index contributed by atoms with van der Waals surface area (Å²) in [6, 6.07) is 15.3. The van der Waals surface area contributed by atoms with Crippen molar-refractivity contribution in [1.82, 2.24) is 20.1 Å². The van der Waals surface area contributed by atoms with Gasteiger partial charge in [0.1, 0.15) is 0 Å². The lowest BCUT2D eigenvalue weighted by Gasteiger charge is -2.10. The highest BCUT2D eigenvalue weighted by Gasteiger charge is 2.14. The van der Waals surface area contributed by atoms with Crippen LogP contribution in [0.25, 0.3) is 0 Å². The van der Waals surface area contributed by atoms with Crippen LogP contribution in [0.4, 0.5) is 5.69 Å². The van der Waals surface area contributed by atoms with Gasteiger partial charge >= 0.3 is 0 Å². The molecule has 0 aliphatic heterocycles. The number of hydrogen-bond acceptors (Lipinski definition) is 5. The minimum atomic E-state index is -0.112. The van der Waals surface area contributed by atoms with Gasteiger partial charge in [-0.3, -0.25) is 9.59 Å². The van der Waals surface area contributed by atoms with Crippen LogP contribution in [-0.2, 0) is 29.1 Å². The summed E-state index contributed by atoms with van der Waals surface area (Å²) >= 11 is 4.74. The molecule has 0 radical (unpaired) electrons. The lowest BCUT2D eigenvalue weighted by Crippen LogP contribution is -2.26. The van der Waals surface area contributed by atoms with Crippen LogP contribution < -0.4 is 10.6 Å². The fraction of sp³-hybridized carbons (Fsp3) is 0.273. The molecule has 0 atom stereocenters. The fourth-order valence-electron chi connectivity index (χ4n) is 2.98. The Hall–Kier alpha value is -2.65. The minimum absolute atomic E-state index is 0.0738. The van der Waals surface area contributed by atoms with Gasteiger partial charge in [-0.25, -0.2) is 0 Å². The number of aryl methyl sites for hydroxylation is 1. The molecule has 0 aliphatic rings. The number of aromatic nitrogens is 3. The Morgan fingerprint density at radius 2 is 1.87 bits per heavy atom. The minimum Gasteiger partial charge on any atom is -0.349 e. The first-order valence-electron chi connectivity index (χ1n) is 9.87. The Balaban J connectivity index is 1.53. The second-order valence-electron chi connectivity index (χ2n) is 6.88. The fourth-order valence-corrected chi connectivity index (χ4v) is 4.28. The van der Waals surface area contributed by atoms with Crippen LogP contribution in [0.15, 0.2) is 58.2 Å². The molecule has 1 heterocycles. The number of thioether (sulfide) groups is 1. The molecule has 2 N–H and O–H groups in total. The average molecular weight is 502 g/mol. The molecule has 2 aromatic carbocycles. The zero-order valence-electron chi connectivity index (χ0n) is 17.4. The summed E-state index contributed by atoms with van der Waals surface area (Å²) in [5, 5.41) is 14.8. The first-order valence-corrected chi connectivity index (χ1v) is 11.7. The molecule has 0 aliphatic carbocycles. The standard InChI is InChI=1S/C22H24BrN5O2S/c1-3-28-19(13-24-20(29)12-16-7-5-4-6-8-16)26-27-22(28)31-14-21(30)25-18-10-9-17(23)11-15(18)2/h4-11H,3,12-14H2,1-2H3,(H,24,29)(H,25,30). The second kappa shape index (κ2) is 11.1. The molecule has 7 nitrogen and oxygen atoms in total. The highest BCUT2D eigenvalue weighted by molar-refractivity contribution is 9.10. The first kappa shape index (κ1) is 23.0. The molecule has 0 spiro atoms. The molecule has 31 heavy (non-hydrogen) atoms. The summed E-state index contributed by atoms with van der Waals surface area (Å²) in [7, 11) is 0. The third-order valence-electron chi connectivity index (χ3n) is 4.56. The van der Waals surface area contributed by atoms with Crippen LogP contribution in [-0.4, -0.2) is 32.3 Å². The largest absolute Gasteiger partial charge is 0.349 e. The van der Waals surface area contributed by atoms with Crippen LogP contribution in [0.1, 0.15) is 23.9 Å². The molecule has 0 bridgehead atoms. The van der Waals surface area contributed by atoms with Crippen molar-refractivity contribution in [2.24, 2.45) is 0 Å². The van der Waals surface area contributed by atoms with E-state index in [1.807, 2.05) is 66.9 Å². The van der Waals surface area contributed by atoms with Gasteiger partial charge in [0.05, 0.1) is 18.7 Å². The highest BCUT2D eigenvalue weighted by Crippen LogP contribution is 2.21. The van der Waals surface area contributed by atoms with Gasteiger partial charge in [-0.05, 0) is 43.2 Å². The number of rotatable bonds is 9. The molecule has 162 valence electrons. The maximum absolute atomic E-state index is 12.4. The number of nitrogens with one attached hydrogen (secondary N) is 2. The number of anilines is 1. The summed E-state index contributed by atoms with van der Waals surface area (Å²) in [5.74, 6) is 0.693. The molecule has 3 rings (SSSR count). The van der Waals surface area contributed by atoms with E-state index in [1.165, 1.54) is 11.8 Å². The van der Waals surface area contributed by atoms with Crippen molar-refractivity contribution < 1.29 is 9.59 Å². The van der Waals surface area contributed by atoms with Crippen molar-refractivity contribution in [3.05, 3.63) is 70.0 Å². The maximum Gasteiger partial charge on any atom is 0.234 e. The van der Waals surface area contributed by atoms with E-state index in [-0.39, 0.29) is 24.1 Å². The molecular weight excluding hydrogens is 478 g/mol. The van der Waals surface area contributed by atoms with Gasteiger partial charge < -0.3 is 15.2 Å². The predicted octanol–water partition coefficient (Wildman–Crippen LogP) is 3.96. The molecule has 0 saturated carbocycles. The summed E-state index contributed by atoms with van der Waals surface area (Å²) < 4.78 is 2.88. The maximum atomic E-state index is 12.4. The van der Waals surface area contributed by atoms with Crippen LogP contribution in [0.3, 0.4) is 0 Å². The third kappa shape index (κ3) is 6.67. The van der Waals surface area contributed by atoms with Gasteiger partial charge in [-0.2, -0.15) is 0 Å². The van der Waals surface area contributed by atoms with Crippen molar-refractivity contribution in [1.29, 1.82) is 0 Å².